The topological polar surface area (TPSA) is 43.4 Å². The predicted molar refractivity (Wildman–Crippen MR) is 83.6 cm³/mol. The van der Waals surface area contributed by atoms with Crippen LogP contribution in [0.4, 0.5) is 0 Å². The number of rotatable bonds is 12. The fourth-order valence-electron chi connectivity index (χ4n) is 1.97. The Hall–Kier alpha value is -0.643. The van der Waals surface area contributed by atoms with Crippen LogP contribution in [0.15, 0.2) is 0 Å². The van der Waals surface area contributed by atoms with Gasteiger partial charge < -0.3 is 4.74 Å². The summed E-state index contributed by atoms with van der Waals surface area (Å²) in [6.45, 7) is 4.32. The zero-order valence-corrected chi connectivity index (χ0v) is 14.2. The maximum absolute atomic E-state index is 11.4. The lowest BCUT2D eigenvalue weighted by molar-refractivity contribution is -0.159. The van der Waals surface area contributed by atoms with Crippen molar-refractivity contribution < 1.29 is 14.3 Å². The molecule has 4 heteroatoms. The summed E-state index contributed by atoms with van der Waals surface area (Å²) in [5.41, 5.74) is 0. The highest BCUT2D eigenvalue weighted by Crippen LogP contribution is 2.08. The second-order valence-electron chi connectivity index (χ2n) is 5.17. The summed E-state index contributed by atoms with van der Waals surface area (Å²) < 4.78 is 4.79. The minimum atomic E-state index is -0.352. The highest BCUT2D eigenvalue weighted by atomic mass is 28.1. The molecule has 0 rings (SSSR count). The molecule has 0 aliphatic heterocycles. The normalized spacial score (nSPS) is 9.90. The molecule has 0 unspecified atom stereocenters. The van der Waals surface area contributed by atoms with Crippen molar-refractivity contribution in [1.29, 1.82) is 0 Å². The summed E-state index contributed by atoms with van der Waals surface area (Å²) in [5.74, 6) is -0.704. The number of carbonyl (C=O) groups is 2. The number of hydrogen-bond acceptors (Lipinski definition) is 3. The number of unbranched alkanes of at least 4 members (excludes halogenated alkanes) is 8. The van der Waals surface area contributed by atoms with Crippen LogP contribution in [0.25, 0.3) is 0 Å². The Morgan fingerprint density at radius 3 is 1.35 bits per heavy atom. The first-order valence-corrected chi connectivity index (χ1v) is 7.94. The Labute approximate surface area is 128 Å². The molecule has 0 aliphatic rings. The van der Waals surface area contributed by atoms with Crippen LogP contribution in [-0.4, -0.2) is 22.9 Å². The predicted octanol–water partition coefficient (Wildman–Crippen LogP) is 4.40. The maximum Gasteiger partial charge on any atom is 0.313 e. The molecule has 0 saturated heterocycles. The molecular formula is C16H30O3Si. The van der Waals surface area contributed by atoms with Gasteiger partial charge in [-0.25, -0.2) is 0 Å². The zero-order valence-electron chi connectivity index (χ0n) is 13.2. The van der Waals surface area contributed by atoms with E-state index in [0.717, 1.165) is 38.5 Å². The second kappa shape index (κ2) is 16.4. The van der Waals surface area contributed by atoms with Gasteiger partial charge in [0.05, 0.1) is 0 Å². The molecule has 3 nitrogen and oxygen atoms in total. The van der Waals surface area contributed by atoms with Crippen LogP contribution in [0.5, 0.6) is 0 Å². The monoisotopic (exact) mass is 298 g/mol. The molecule has 0 aliphatic carbocycles. The minimum Gasteiger partial charge on any atom is -0.393 e. The zero-order chi connectivity index (χ0) is 14.3. The van der Waals surface area contributed by atoms with E-state index < -0.39 is 0 Å². The molecule has 0 aromatic carbocycles. The molecule has 0 bridgehead atoms. The fraction of sp³-hybridized carbons (Fsp3) is 0.875. The molecule has 116 valence electrons. The van der Waals surface area contributed by atoms with Gasteiger partial charge in [-0.1, -0.05) is 65.2 Å². The molecule has 0 heterocycles. The first-order valence-electron chi connectivity index (χ1n) is 7.94. The van der Waals surface area contributed by atoms with Crippen molar-refractivity contribution in [3.63, 3.8) is 0 Å². The summed E-state index contributed by atoms with van der Waals surface area (Å²) >= 11 is 0. The lowest BCUT2D eigenvalue weighted by Crippen LogP contribution is -2.11. The lowest BCUT2D eigenvalue weighted by Gasteiger charge is -2.03. The van der Waals surface area contributed by atoms with Gasteiger partial charge in [0, 0.05) is 23.8 Å². The number of ether oxygens (including phenoxy) is 1. The first-order chi connectivity index (χ1) is 9.20. The standard InChI is InChI=1S/C16H30O3.Si/c1-3-5-7-9-11-13-15(17)19-16(18)14-12-10-8-6-4-2;/h3-14H2,1-2H3;. The van der Waals surface area contributed by atoms with Gasteiger partial charge in [0.1, 0.15) is 0 Å². The molecule has 4 radical (unpaired) electrons. The molecule has 0 amide bonds. The minimum absolute atomic E-state index is 0. The lowest BCUT2D eigenvalue weighted by atomic mass is 10.1. The van der Waals surface area contributed by atoms with Crippen molar-refractivity contribution in [1.82, 2.24) is 0 Å². The highest BCUT2D eigenvalue weighted by Gasteiger charge is 2.09. The van der Waals surface area contributed by atoms with Gasteiger partial charge in [-0.05, 0) is 12.8 Å². The van der Waals surface area contributed by atoms with Crippen molar-refractivity contribution in [3.8, 4) is 0 Å². The molecule has 0 fully saturated rings. The van der Waals surface area contributed by atoms with Crippen LogP contribution in [0.3, 0.4) is 0 Å². The summed E-state index contributed by atoms with van der Waals surface area (Å²) in [7, 11) is 0. The molecule has 0 N–H and O–H groups in total. The van der Waals surface area contributed by atoms with Gasteiger partial charge in [0.25, 0.3) is 0 Å². The summed E-state index contributed by atoms with van der Waals surface area (Å²) in [6, 6.07) is 0. The van der Waals surface area contributed by atoms with Gasteiger partial charge >= 0.3 is 11.9 Å². The van der Waals surface area contributed by atoms with E-state index in [0.29, 0.717) is 12.8 Å². The van der Waals surface area contributed by atoms with Crippen molar-refractivity contribution in [2.24, 2.45) is 0 Å². The number of hydrogen-bond donors (Lipinski definition) is 0. The van der Waals surface area contributed by atoms with E-state index in [9.17, 15) is 9.59 Å². The van der Waals surface area contributed by atoms with Gasteiger partial charge in [-0.2, -0.15) is 0 Å². The van der Waals surface area contributed by atoms with E-state index in [-0.39, 0.29) is 22.9 Å². The molecule has 0 aromatic rings. The van der Waals surface area contributed by atoms with Crippen LogP contribution in [0, 0.1) is 0 Å². The second-order valence-corrected chi connectivity index (χ2v) is 5.17. The molecule has 0 spiro atoms. The van der Waals surface area contributed by atoms with Crippen LogP contribution in [0.2, 0.25) is 0 Å². The Balaban J connectivity index is 0. The van der Waals surface area contributed by atoms with E-state index in [1.54, 1.807) is 0 Å². The summed E-state index contributed by atoms with van der Waals surface area (Å²) in [4.78, 5) is 22.8. The van der Waals surface area contributed by atoms with Crippen LogP contribution in [0.1, 0.15) is 90.9 Å². The molecule has 0 atom stereocenters. The van der Waals surface area contributed by atoms with E-state index >= 15 is 0 Å². The van der Waals surface area contributed by atoms with Crippen LogP contribution >= 0.6 is 0 Å². The van der Waals surface area contributed by atoms with Gasteiger partial charge in [-0.3, -0.25) is 9.59 Å². The smallest absolute Gasteiger partial charge is 0.313 e. The van der Waals surface area contributed by atoms with E-state index in [2.05, 4.69) is 13.8 Å². The van der Waals surface area contributed by atoms with E-state index in [1.807, 2.05) is 0 Å². The van der Waals surface area contributed by atoms with Crippen molar-refractivity contribution in [2.45, 2.75) is 90.9 Å². The Morgan fingerprint density at radius 1 is 0.650 bits per heavy atom. The molecule has 20 heavy (non-hydrogen) atoms. The molecule has 0 saturated carbocycles. The van der Waals surface area contributed by atoms with Crippen molar-refractivity contribution >= 4 is 22.9 Å². The fourth-order valence-corrected chi connectivity index (χ4v) is 1.97. The van der Waals surface area contributed by atoms with Crippen LogP contribution in [-0.2, 0) is 14.3 Å². The number of carbonyl (C=O) groups excluding carboxylic acids is 2. The molecule has 0 aromatic heterocycles. The number of esters is 2. The maximum atomic E-state index is 11.4. The molecular weight excluding hydrogens is 268 g/mol. The SMILES string of the molecule is CCCCCCCC(=O)OC(=O)CCCCCCC.[Si]. The largest absolute Gasteiger partial charge is 0.393 e. The third kappa shape index (κ3) is 15.4. The van der Waals surface area contributed by atoms with Crippen molar-refractivity contribution in [2.75, 3.05) is 0 Å². The summed E-state index contributed by atoms with van der Waals surface area (Å²) in [6.07, 6.45) is 11.7. The van der Waals surface area contributed by atoms with Gasteiger partial charge in [0.2, 0.25) is 0 Å². The van der Waals surface area contributed by atoms with Gasteiger partial charge in [0.15, 0.2) is 0 Å². The van der Waals surface area contributed by atoms with E-state index in [1.165, 1.54) is 25.7 Å². The highest BCUT2D eigenvalue weighted by molar-refractivity contribution is 5.85. The van der Waals surface area contributed by atoms with Gasteiger partial charge in [-0.15, -0.1) is 0 Å². The average molecular weight is 298 g/mol. The third-order valence-corrected chi connectivity index (χ3v) is 3.20. The first kappa shape index (κ1) is 21.7. The Bertz CT molecular complexity index is 218. The van der Waals surface area contributed by atoms with E-state index in [4.69, 9.17) is 4.74 Å². The Kier molecular flexibility index (Phi) is 17.8. The Morgan fingerprint density at radius 2 is 1.00 bits per heavy atom. The van der Waals surface area contributed by atoms with Crippen LogP contribution < -0.4 is 0 Å². The third-order valence-electron chi connectivity index (χ3n) is 3.20. The average Bonchev–Trinajstić information content (AvgIpc) is 2.38. The van der Waals surface area contributed by atoms with Crippen molar-refractivity contribution in [3.05, 3.63) is 0 Å². The quantitative estimate of drug-likeness (QED) is 0.232. The summed E-state index contributed by atoms with van der Waals surface area (Å²) in [5, 5.41) is 0.